The van der Waals surface area contributed by atoms with E-state index >= 15 is 4.39 Å². The second kappa shape index (κ2) is 12.5. The van der Waals surface area contributed by atoms with Crippen molar-refractivity contribution in [1.82, 2.24) is 5.32 Å². The monoisotopic (exact) mass is 559 g/mol. The van der Waals surface area contributed by atoms with E-state index in [9.17, 15) is 19.2 Å². The zero-order chi connectivity index (χ0) is 27.2. The summed E-state index contributed by atoms with van der Waals surface area (Å²) in [5.41, 5.74) is 1.58. The van der Waals surface area contributed by atoms with Gasteiger partial charge in [-0.25, -0.2) is 9.18 Å². The van der Waals surface area contributed by atoms with Crippen molar-refractivity contribution in [3.05, 3.63) is 35.7 Å². The molecule has 2 fully saturated rings. The lowest BCUT2D eigenvalue weighted by Crippen LogP contribution is -2.38. The van der Waals surface area contributed by atoms with E-state index in [0.29, 0.717) is 37.3 Å². The Balaban J connectivity index is 1.65. The highest BCUT2D eigenvalue weighted by Gasteiger charge is 2.34. The molecule has 10 nitrogen and oxygen atoms in total. The van der Waals surface area contributed by atoms with Gasteiger partial charge in [-0.1, -0.05) is 5.57 Å². The summed E-state index contributed by atoms with van der Waals surface area (Å²) in [5.74, 6) is -4.74. The number of cyclic esters (lactones) is 1. The number of piperidine rings is 1. The Morgan fingerprint density at radius 1 is 1.19 bits per heavy atom. The summed E-state index contributed by atoms with van der Waals surface area (Å²) >= 11 is 11.0. The molecule has 0 spiro atoms. The average molecular weight is 560 g/mol. The molecule has 0 radical (unpaired) electrons. The number of nitrogens with zero attached hydrogens (tertiary/aromatic N) is 2. The number of ether oxygens (including phenoxy) is 3. The number of carbonyl (C=O) groups excluding carboxylic acids is 4. The molecule has 1 atom stereocenters. The molecule has 1 aromatic rings. The summed E-state index contributed by atoms with van der Waals surface area (Å²) in [6.45, 7) is 4.07. The lowest BCUT2D eigenvalue weighted by atomic mass is 10.0. The third-order valence-corrected chi connectivity index (χ3v) is 6.20. The zero-order valence-electron chi connectivity index (χ0n) is 20.4. The fraction of sp³-hybridized carbons (Fsp3) is 0.500. The Labute approximate surface area is 223 Å². The smallest absolute Gasteiger partial charge is 0.414 e. The highest BCUT2D eigenvalue weighted by atomic mass is 35.5. The highest BCUT2D eigenvalue weighted by molar-refractivity contribution is 6.26. The van der Waals surface area contributed by atoms with Gasteiger partial charge in [0.25, 0.3) is 5.79 Å². The van der Waals surface area contributed by atoms with Gasteiger partial charge in [0.1, 0.15) is 23.7 Å². The lowest BCUT2D eigenvalue weighted by molar-refractivity contribution is -0.203. The first-order chi connectivity index (χ1) is 17.5. The molecule has 0 saturated carbocycles. The Hall–Kier alpha value is -3.05. The van der Waals surface area contributed by atoms with Gasteiger partial charge in [-0.2, -0.15) is 0 Å². The maximum Gasteiger partial charge on any atom is 0.414 e. The second-order valence-corrected chi connectivity index (χ2v) is 9.24. The Morgan fingerprint density at radius 3 is 2.35 bits per heavy atom. The van der Waals surface area contributed by atoms with Crippen LogP contribution in [0.2, 0.25) is 0 Å². The normalized spacial score (nSPS) is 17.8. The molecule has 2 heterocycles. The third-order valence-electron chi connectivity index (χ3n) is 5.76. The molecule has 0 bridgehead atoms. The maximum atomic E-state index is 15.1. The van der Waals surface area contributed by atoms with Crippen molar-refractivity contribution in [1.29, 1.82) is 0 Å². The van der Waals surface area contributed by atoms with Gasteiger partial charge < -0.3 is 24.4 Å². The number of amides is 2. The van der Waals surface area contributed by atoms with Crippen LogP contribution >= 0.6 is 23.2 Å². The number of benzene rings is 1. The van der Waals surface area contributed by atoms with E-state index in [1.807, 2.05) is 4.90 Å². The minimum absolute atomic E-state index is 0.178. The van der Waals surface area contributed by atoms with E-state index in [0.717, 1.165) is 5.57 Å². The van der Waals surface area contributed by atoms with Gasteiger partial charge in [0.05, 0.1) is 24.5 Å². The van der Waals surface area contributed by atoms with Gasteiger partial charge in [-0.3, -0.25) is 19.3 Å². The van der Waals surface area contributed by atoms with E-state index in [1.54, 1.807) is 18.2 Å². The minimum atomic E-state index is -1.66. The van der Waals surface area contributed by atoms with Crippen molar-refractivity contribution in [3.8, 4) is 0 Å². The second-order valence-electron chi connectivity index (χ2n) is 8.71. The molecule has 2 aliphatic heterocycles. The number of hydrogen-bond donors (Lipinski definition) is 1. The molecule has 2 amide bonds. The minimum Gasteiger partial charge on any atom is -0.442 e. The largest absolute Gasteiger partial charge is 0.442 e. The van der Waals surface area contributed by atoms with Gasteiger partial charge in [-0.15, -0.1) is 23.2 Å². The van der Waals surface area contributed by atoms with E-state index in [2.05, 4.69) is 5.32 Å². The SMILES string of the molecule is CC(=O)NC[C@H]1CN(c2ccc(N3CCC(=CC(C)(OC(=O)CCl)OC(=O)CCl)CC3)c(F)c2)C(=O)O1. The number of halogens is 3. The molecule has 1 aromatic carbocycles. The zero-order valence-corrected chi connectivity index (χ0v) is 21.9. The Morgan fingerprint density at radius 2 is 1.81 bits per heavy atom. The number of hydrogen-bond acceptors (Lipinski definition) is 8. The van der Waals surface area contributed by atoms with Crippen LogP contribution in [0.4, 0.5) is 20.6 Å². The average Bonchev–Trinajstić information content (AvgIpc) is 3.23. The van der Waals surface area contributed by atoms with Crippen molar-refractivity contribution in [2.24, 2.45) is 0 Å². The summed E-state index contributed by atoms with van der Waals surface area (Å²) in [6, 6.07) is 4.51. The van der Waals surface area contributed by atoms with E-state index < -0.39 is 47.5 Å². The van der Waals surface area contributed by atoms with Crippen LogP contribution in [0.5, 0.6) is 0 Å². The maximum absolute atomic E-state index is 15.1. The van der Waals surface area contributed by atoms with Crippen molar-refractivity contribution < 1.29 is 37.8 Å². The van der Waals surface area contributed by atoms with Crippen LogP contribution in [0.15, 0.2) is 29.8 Å². The van der Waals surface area contributed by atoms with Crippen LogP contribution in [0, 0.1) is 5.82 Å². The summed E-state index contributed by atoms with van der Waals surface area (Å²) in [7, 11) is 0. The molecule has 0 aromatic heterocycles. The van der Waals surface area contributed by atoms with Crippen LogP contribution < -0.4 is 15.1 Å². The summed E-state index contributed by atoms with van der Waals surface area (Å²) < 4.78 is 30.7. The van der Waals surface area contributed by atoms with Gasteiger partial charge in [0, 0.05) is 26.9 Å². The van der Waals surface area contributed by atoms with E-state index in [4.69, 9.17) is 37.4 Å². The van der Waals surface area contributed by atoms with Crippen LogP contribution in [-0.2, 0) is 28.6 Å². The van der Waals surface area contributed by atoms with Gasteiger partial charge in [0.2, 0.25) is 5.91 Å². The highest BCUT2D eigenvalue weighted by Crippen LogP contribution is 2.31. The number of nitrogens with one attached hydrogen (secondary N) is 1. The third kappa shape index (κ3) is 7.72. The fourth-order valence-electron chi connectivity index (χ4n) is 4.15. The van der Waals surface area contributed by atoms with E-state index in [1.165, 1.54) is 24.8 Å². The van der Waals surface area contributed by atoms with Gasteiger partial charge in [-0.05, 0) is 37.1 Å². The van der Waals surface area contributed by atoms with Crippen molar-refractivity contribution in [3.63, 3.8) is 0 Å². The number of anilines is 2. The number of alkyl halides is 2. The molecule has 202 valence electrons. The molecular weight excluding hydrogens is 532 g/mol. The topological polar surface area (TPSA) is 114 Å². The van der Waals surface area contributed by atoms with Crippen molar-refractivity contribution in [2.75, 3.05) is 47.7 Å². The molecule has 0 aliphatic carbocycles. The van der Waals surface area contributed by atoms with Crippen LogP contribution in [-0.4, -0.2) is 73.8 Å². The number of esters is 2. The standard InChI is InChI=1S/C24H28Cl2FN3O7/c1-15(31)28-13-18-14-30(23(34)35-18)17-3-4-20(19(27)9-17)29-7-5-16(6-8-29)10-24(2,36-21(32)11-25)37-22(33)12-26/h3-4,9-10,18H,5-8,11-14H2,1-2H3,(H,28,31)/t18-/m0/s1. The van der Waals surface area contributed by atoms with E-state index in [-0.39, 0.29) is 19.0 Å². The predicted molar refractivity (Wildman–Crippen MR) is 134 cm³/mol. The summed E-state index contributed by atoms with van der Waals surface area (Å²) in [4.78, 5) is 49.9. The first-order valence-electron chi connectivity index (χ1n) is 11.6. The molecule has 2 aliphatic rings. The summed E-state index contributed by atoms with van der Waals surface area (Å²) in [5, 5.41) is 2.60. The van der Waals surface area contributed by atoms with Crippen LogP contribution in [0.1, 0.15) is 26.7 Å². The molecule has 37 heavy (non-hydrogen) atoms. The molecule has 3 rings (SSSR count). The molecule has 0 unspecified atom stereocenters. The van der Waals surface area contributed by atoms with Crippen LogP contribution in [0.3, 0.4) is 0 Å². The van der Waals surface area contributed by atoms with Gasteiger partial charge >= 0.3 is 18.0 Å². The summed E-state index contributed by atoms with van der Waals surface area (Å²) in [6.07, 6.45) is 1.41. The fourth-order valence-corrected chi connectivity index (χ4v) is 4.26. The Bertz CT molecular complexity index is 1060. The first kappa shape index (κ1) is 28.5. The molecule has 2 saturated heterocycles. The quantitative estimate of drug-likeness (QED) is 0.212. The Kier molecular flexibility index (Phi) is 9.61. The van der Waals surface area contributed by atoms with Crippen LogP contribution in [0.25, 0.3) is 0 Å². The molecule has 13 heteroatoms. The number of rotatable bonds is 9. The first-order valence-corrected chi connectivity index (χ1v) is 12.6. The molecule has 1 N–H and O–H groups in total. The predicted octanol–water partition coefficient (Wildman–Crippen LogP) is 3.09. The molecular formula is C24H28Cl2FN3O7. The van der Waals surface area contributed by atoms with Crippen molar-refractivity contribution in [2.45, 2.75) is 38.6 Å². The van der Waals surface area contributed by atoms with Gasteiger partial charge in [0.15, 0.2) is 0 Å². The van der Waals surface area contributed by atoms with Crippen molar-refractivity contribution >= 4 is 58.5 Å². The number of carbonyl (C=O) groups is 4. The lowest BCUT2D eigenvalue weighted by Gasteiger charge is -2.33.